The van der Waals surface area contributed by atoms with Crippen LogP contribution in [0.5, 0.6) is 0 Å². The number of amides is 1. The summed E-state index contributed by atoms with van der Waals surface area (Å²) >= 11 is 5.93. The van der Waals surface area contributed by atoms with Gasteiger partial charge in [-0.15, -0.1) is 0 Å². The monoisotopic (exact) mass is 266 g/mol. The summed E-state index contributed by atoms with van der Waals surface area (Å²) in [6, 6.07) is 7.93. The molecule has 18 heavy (non-hydrogen) atoms. The molecule has 3 nitrogen and oxygen atoms in total. The van der Waals surface area contributed by atoms with E-state index in [-0.39, 0.29) is 5.91 Å². The summed E-state index contributed by atoms with van der Waals surface area (Å²) < 4.78 is 0. The largest absolute Gasteiger partial charge is 0.336 e. The van der Waals surface area contributed by atoms with Gasteiger partial charge in [0.05, 0.1) is 0 Å². The number of benzene rings is 1. The van der Waals surface area contributed by atoms with Gasteiger partial charge in [0.1, 0.15) is 0 Å². The Bertz CT molecular complexity index is 437. The van der Waals surface area contributed by atoms with E-state index < -0.39 is 0 Å². The van der Waals surface area contributed by atoms with Crippen molar-refractivity contribution in [3.05, 3.63) is 34.9 Å². The van der Waals surface area contributed by atoms with Crippen LogP contribution in [0.1, 0.15) is 24.2 Å². The standard InChI is InChI=1S/C14H19ClN2O/c1-10-8-17(9-11(2)16(10)3)14(18)12-5-4-6-13(15)7-12/h4-7,10-11H,8-9H2,1-3H3. The number of carbonyl (C=O) groups excluding carboxylic acids is 1. The third-order valence-corrected chi connectivity index (χ3v) is 3.95. The molecule has 1 saturated heterocycles. The van der Waals surface area contributed by atoms with E-state index in [2.05, 4.69) is 25.8 Å². The van der Waals surface area contributed by atoms with E-state index in [0.29, 0.717) is 22.7 Å². The van der Waals surface area contributed by atoms with E-state index in [0.717, 1.165) is 13.1 Å². The molecule has 1 aliphatic rings. The molecule has 98 valence electrons. The Morgan fingerprint density at radius 1 is 1.28 bits per heavy atom. The SMILES string of the molecule is CC1CN(C(=O)c2cccc(Cl)c2)CC(C)N1C. The van der Waals surface area contributed by atoms with Crippen molar-refractivity contribution in [1.82, 2.24) is 9.80 Å². The van der Waals surface area contributed by atoms with Crippen LogP contribution < -0.4 is 0 Å². The smallest absolute Gasteiger partial charge is 0.254 e. The first-order valence-corrected chi connectivity index (χ1v) is 6.63. The summed E-state index contributed by atoms with van der Waals surface area (Å²) in [7, 11) is 2.11. The Kier molecular flexibility index (Phi) is 3.93. The Hall–Kier alpha value is -1.06. The van der Waals surface area contributed by atoms with Gasteiger partial charge < -0.3 is 4.90 Å². The lowest BCUT2D eigenvalue weighted by Gasteiger charge is -2.42. The minimum atomic E-state index is 0.0734. The average molecular weight is 267 g/mol. The second kappa shape index (κ2) is 5.29. The lowest BCUT2D eigenvalue weighted by Crippen LogP contribution is -2.56. The zero-order valence-corrected chi connectivity index (χ0v) is 11.8. The van der Waals surface area contributed by atoms with Crippen LogP contribution in [0.4, 0.5) is 0 Å². The van der Waals surface area contributed by atoms with Crippen molar-refractivity contribution in [2.24, 2.45) is 0 Å². The van der Waals surface area contributed by atoms with E-state index in [4.69, 9.17) is 11.6 Å². The van der Waals surface area contributed by atoms with E-state index >= 15 is 0 Å². The minimum absolute atomic E-state index is 0.0734. The third-order valence-electron chi connectivity index (χ3n) is 3.72. The second-order valence-electron chi connectivity index (χ2n) is 5.08. The molecular formula is C14H19ClN2O. The normalized spacial score (nSPS) is 25.2. The summed E-state index contributed by atoms with van der Waals surface area (Å²) in [5.41, 5.74) is 0.673. The van der Waals surface area contributed by atoms with Crippen LogP contribution in [0.25, 0.3) is 0 Å². The molecule has 0 spiro atoms. The molecule has 2 atom stereocenters. The molecule has 1 aromatic rings. The van der Waals surface area contributed by atoms with Crippen LogP contribution in [0.2, 0.25) is 5.02 Å². The lowest BCUT2D eigenvalue weighted by molar-refractivity contribution is 0.0414. The van der Waals surface area contributed by atoms with Crippen LogP contribution in [0.15, 0.2) is 24.3 Å². The number of carbonyl (C=O) groups is 1. The molecule has 2 unspecified atom stereocenters. The van der Waals surface area contributed by atoms with Crippen molar-refractivity contribution in [2.45, 2.75) is 25.9 Å². The Labute approximate surface area is 113 Å². The molecule has 0 N–H and O–H groups in total. The van der Waals surface area contributed by atoms with Crippen molar-refractivity contribution in [1.29, 1.82) is 0 Å². The highest BCUT2D eigenvalue weighted by Crippen LogP contribution is 2.18. The number of hydrogen-bond donors (Lipinski definition) is 0. The first-order chi connectivity index (χ1) is 8.49. The van der Waals surface area contributed by atoms with Crippen LogP contribution in [0.3, 0.4) is 0 Å². The first kappa shape index (κ1) is 13.4. The number of rotatable bonds is 1. The molecule has 1 amide bonds. The van der Waals surface area contributed by atoms with E-state index in [1.807, 2.05) is 17.0 Å². The molecule has 0 radical (unpaired) electrons. The first-order valence-electron chi connectivity index (χ1n) is 6.26. The van der Waals surface area contributed by atoms with Crippen LogP contribution in [-0.4, -0.2) is 47.9 Å². The molecule has 1 aromatic carbocycles. The number of hydrogen-bond acceptors (Lipinski definition) is 2. The number of nitrogens with zero attached hydrogens (tertiary/aromatic N) is 2. The summed E-state index contributed by atoms with van der Waals surface area (Å²) in [6.45, 7) is 5.83. The molecule has 0 aliphatic carbocycles. The molecule has 1 aliphatic heterocycles. The van der Waals surface area contributed by atoms with Crippen molar-refractivity contribution in [3.63, 3.8) is 0 Å². The summed E-state index contributed by atoms with van der Waals surface area (Å²) in [4.78, 5) is 16.6. The Morgan fingerprint density at radius 2 is 1.89 bits per heavy atom. The average Bonchev–Trinajstić information content (AvgIpc) is 2.34. The maximum absolute atomic E-state index is 12.4. The van der Waals surface area contributed by atoms with Crippen LogP contribution in [-0.2, 0) is 0 Å². The number of piperazine rings is 1. The van der Waals surface area contributed by atoms with Gasteiger partial charge in [-0.2, -0.15) is 0 Å². The van der Waals surface area contributed by atoms with Gasteiger partial charge in [0.2, 0.25) is 0 Å². The van der Waals surface area contributed by atoms with E-state index in [1.165, 1.54) is 0 Å². The molecule has 0 aromatic heterocycles. The Morgan fingerprint density at radius 3 is 2.44 bits per heavy atom. The fourth-order valence-electron chi connectivity index (χ4n) is 2.37. The molecule has 4 heteroatoms. The van der Waals surface area contributed by atoms with Gasteiger partial charge in [-0.1, -0.05) is 17.7 Å². The van der Waals surface area contributed by atoms with Gasteiger partial charge >= 0.3 is 0 Å². The van der Waals surface area contributed by atoms with Crippen molar-refractivity contribution in [3.8, 4) is 0 Å². The topological polar surface area (TPSA) is 23.6 Å². The van der Waals surface area contributed by atoms with Gasteiger partial charge in [-0.3, -0.25) is 9.69 Å². The molecular weight excluding hydrogens is 248 g/mol. The van der Waals surface area contributed by atoms with Crippen molar-refractivity contribution < 1.29 is 4.79 Å². The van der Waals surface area contributed by atoms with Crippen molar-refractivity contribution >= 4 is 17.5 Å². The highest BCUT2D eigenvalue weighted by molar-refractivity contribution is 6.30. The highest BCUT2D eigenvalue weighted by atomic mass is 35.5. The van der Waals surface area contributed by atoms with Gasteiger partial charge in [-0.05, 0) is 39.1 Å². The van der Waals surface area contributed by atoms with Crippen LogP contribution in [0, 0.1) is 0 Å². The number of likely N-dealkylation sites (N-methyl/N-ethyl adjacent to an activating group) is 1. The zero-order chi connectivity index (χ0) is 13.3. The Balaban J connectivity index is 2.15. The zero-order valence-electron chi connectivity index (χ0n) is 11.1. The maximum Gasteiger partial charge on any atom is 0.254 e. The van der Waals surface area contributed by atoms with Crippen molar-refractivity contribution in [2.75, 3.05) is 20.1 Å². The molecule has 1 heterocycles. The molecule has 2 rings (SSSR count). The quantitative estimate of drug-likeness (QED) is 0.780. The van der Waals surface area contributed by atoms with E-state index in [9.17, 15) is 4.79 Å². The lowest BCUT2D eigenvalue weighted by atomic mass is 10.1. The molecule has 0 bridgehead atoms. The highest BCUT2D eigenvalue weighted by Gasteiger charge is 2.29. The summed E-state index contributed by atoms with van der Waals surface area (Å²) in [6.07, 6.45) is 0. The van der Waals surface area contributed by atoms with E-state index in [1.54, 1.807) is 12.1 Å². The van der Waals surface area contributed by atoms with Gasteiger partial charge in [0, 0.05) is 35.8 Å². The van der Waals surface area contributed by atoms with Gasteiger partial charge in [0.25, 0.3) is 5.91 Å². The van der Waals surface area contributed by atoms with Gasteiger partial charge in [0.15, 0.2) is 0 Å². The maximum atomic E-state index is 12.4. The number of halogens is 1. The minimum Gasteiger partial charge on any atom is -0.336 e. The fraction of sp³-hybridized carbons (Fsp3) is 0.500. The predicted octanol–water partition coefficient (Wildman–Crippen LogP) is 2.50. The van der Waals surface area contributed by atoms with Crippen LogP contribution >= 0.6 is 11.6 Å². The molecule has 1 fully saturated rings. The van der Waals surface area contributed by atoms with Gasteiger partial charge in [-0.25, -0.2) is 0 Å². The third kappa shape index (κ3) is 2.68. The predicted molar refractivity (Wildman–Crippen MR) is 74.0 cm³/mol. The molecule has 0 saturated carbocycles. The summed E-state index contributed by atoms with van der Waals surface area (Å²) in [5, 5.41) is 0.607. The fourth-order valence-corrected chi connectivity index (χ4v) is 2.56. The second-order valence-corrected chi connectivity index (χ2v) is 5.52. The summed E-state index contributed by atoms with van der Waals surface area (Å²) in [5.74, 6) is 0.0734.